The highest BCUT2D eigenvalue weighted by Gasteiger charge is 2.16. The van der Waals surface area contributed by atoms with Crippen molar-refractivity contribution in [3.63, 3.8) is 0 Å². The number of likely N-dealkylation sites (N-methyl/N-ethyl adjacent to an activating group) is 1. The molecule has 9 heteroatoms. The fourth-order valence-electron chi connectivity index (χ4n) is 3.69. The van der Waals surface area contributed by atoms with Crippen molar-refractivity contribution in [1.29, 1.82) is 0 Å². The van der Waals surface area contributed by atoms with Gasteiger partial charge < -0.3 is 25.0 Å². The minimum Gasteiger partial charge on any atom is -0.492 e. The van der Waals surface area contributed by atoms with Crippen molar-refractivity contribution in [3.05, 3.63) is 60.2 Å². The molecule has 0 radical (unpaired) electrons. The zero-order chi connectivity index (χ0) is 25.9. The van der Waals surface area contributed by atoms with Crippen LogP contribution in [0.5, 0.6) is 5.75 Å². The van der Waals surface area contributed by atoms with Gasteiger partial charge in [-0.25, -0.2) is 0 Å². The van der Waals surface area contributed by atoms with Crippen LogP contribution in [0, 0.1) is 5.92 Å². The summed E-state index contributed by atoms with van der Waals surface area (Å²) in [6, 6.07) is 17.4. The van der Waals surface area contributed by atoms with Crippen LogP contribution in [0.1, 0.15) is 32.8 Å². The molecule has 0 aliphatic carbocycles. The van der Waals surface area contributed by atoms with Gasteiger partial charge in [-0.3, -0.25) is 4.79 Å². The van der Waals surface area contributed by atoms with E-state index < -0.39 is 5.97 Å². The molecular formula is C27H36N6O3. The van der Waals surface area contributed by atoms with E-state index in [-0.39, 0.29) is 5.92 Å². The molecule has 2 aromatic carbocycles. The lowest BCUT2D eigenvalue weighted by molar-refractivity contribution is -0.141. The van der Waals surface area contributed by atoms with Crippen molar-refractivity contribution in [3.8, 4) is 5.75 Å². The van der Waals surface area contributed by atoms with Crippen molar-refractivity contribution in [2.75, 3.05) is 48.4 Å². The van der Waals surface area contributed by atoms with Crippen molar-refractivity contribution >= 4 is 29.5 Å². The van der Waals surface area contributed by atoms with E-state index in [1.165, 1.54) is 0 Å². The third kappa shape index (κ3) is 7.56. The molecular weight excluding hydrogens is 456 g/mol. The maximum Gasteiger partial charge on any atom is 0.306 e. The van der Waals surface area contributed by atoms with Crippen LogP contribution < -0.4 is 19.9 Å². The minimum atomic E-state index is -0.759. The van der Waals surface area contributed by atoms with Crippen LogP contribution >= 0.6 is 0 Å². The Bertz CT molecular complexity index is 1090. The third-order valence-corrected chi connectivity index (χ3v) is 5.97. The number of aliphatic carboxylic acids is 1. The molecule has 3 rings (SSSR count). The van der Waals surface area contributed by atoms with E-state index >= 15 is 0 Å². The Hall–Kier alpha value is -3.88. The quantitative estimate of drug-likeness (QED) is 0.333. The number of anilines is 4. The summed E-state index contributed by atoms with van der Waals surface area (Å²) in [6.07, 6.45) is 1.12. The molecule has 0 aliphatic heterocycles. The van der Waals surface area contributed by atoms with Gasteiger partial charge in [0.05, 0.1) is 12.5 Å². The molecule has 0 fully saturated rings. The van der Waals surface area contributed by atoms with Crippen LogP contribution in [0.25, 0.3) is 0 Å². The van der Waals surface area contributed by atoms with Crippen molar-refractivity contribution in [2.24, 2.45) is 5.92 Å². The molecule has 192 valence electrons. The van der Waals surface area contributed by atoms with E-state index in [0.717, 1.165) is 30.1 Å². The topological polar surface area (TPSA) is 104 Å². The molecule has 1 unspecified atom stereocenters. The average Bonchev–Trinajstić information content (AvgIpc) is 2.89. The summed E-state index contributed by atoms with van der Waals surface area (Å²) in [5.41, 5.74) is 1.89. The van der Waals surface area contributed by atoms with E-state index in [9.17, 15) is 9.90 Å². The molecule has 1 aromatic heterocycles. The number of nitrogens with one attached hydrogen (secondary N) is 1. The van der Waals surface area contributed by atoms with Gasteiger partial charge in [-0.1, -0.05) is 37.3 Å². The van der Waals surface area contributed by atoms with Crippen LogP contribution in [-0.4, -0.2) is 59.3 Å². The Balaban J connectivity index is 1.64. The lowest BCUT2D eigenvalue weighted by atomic mass is 9.97. The first-order chi connectivity index (χ1) is 17.4. The highest BCUT2D eigenvalue weighted by Crippen LogP contribution is 2.20. The number of carboxylic acids is 1. The summed E-state index contributed by atoms with van der Waals surface area (Å²) in [5, 5.41) is 12.5. The zero-order valence-electron chi connectivity index (χ0n) is 21.5. The predicted octanol–water partition coefficient (Wildman–Crippen LogP) is 4.63. The number of ether oxygens (including phenoxy) is 1. The maximum absolute atomic E-state index is 11.3. The fourth-order valence-corrected chi connectivity index (χ4v) is 3.69. The van der Waals surface area contributed by atoms with E-state index in [2.05, 4.69) is 34.0 Å². The van der Waals surface area contributed by atoms with Crippen LogP contribution in [0.2, 0.25) is 0 Å². The molecule has 1 heterocycles. The number of para-hydroxylation sites is 1. The van der Waals surface area contributed by atoms with Crippen molar-refractivity contribution < 1.29 is 14.6 Å². The summed E-state index contributed by atoms with van der Waals surface area (Å²) in [4.78, 5) is 29.2. The van der Waals surface area contributed by atoms with E-state index in [1.807, 2.05) is 73.5 Å². The number of nitrogens with zero attached hydrogens (tertiary/aromatic N) is 5. The molecule has 0 spiro atoms. The highest BCUT2D eigenvalue weighted by atomic mass is 16.5. The summed E-state index contributed by atoms with van der Waals surface area (Å²) < 4.78 is 5.92. The smallest absolute Gasteiger partial charge is 0.306 e. The number of benzene rings is 2. The molecule has 0 amide bonds. The SMILES string of the molecule is CCC(Cc1ccc(OCCN(C)c2nc(Nc3ccccc3)nc(N(CC)CC)n2)cc1)C(=O)O. The molecule has 2 N–H and O–H groups in total. The second-order valence-corrected chi connectivity index (χ2v) is 8.48. The standard InChI is InChI=1S/C27H36N6O3/c1-5-21(24(34)35)19-20-13-15-23(16-14-20)36-18-17-32(4)26-29-25(28-22-11-9-8-10-12-22)30-27(31-26)33(6-2)7-3/h8-16,21H,5-7,17-19H2,1-4H3,(H,34,35)(H,28,29,30,31). The second-order valence-electron chi connectivity index (χ2n) is 8.48. The fraction of sp³-hybridized carbons (Fsp3) is 0.407. The minimum absolute atomic E-state index is 0.367. The summed E-state index contributed by atoms with van der Waals surface area (Å²) in [5.74, 6) is 1.28. The first kappa shape index (κ1) is 26.7. The number of carboxylic acid groups (broad SMARTS) is 1. The predicted molar refractivity (Wildman–Crippen MR) is 143 cm³/mol. The monoisotopic (exact) mass is 492 g/mol. The van der Waals surface area contributed by atoms with Gasteiger partial charge in [0.15, 0.2) is 0 Å². The molecule has 0 bridgehead atoms. The van der Waals surface area contributed by atoms with Gasteiger partial charge in [0.25, 0.3) is 0 Å². The largest absolute Gasteiger partial charge is 0.492 e. The van der Waals surface area contributed by atoms with Crippen LogP contribution in [0.3, 0.4) is 0 Å². The van der Waals surface area contributed by atoms with Gasteiger partial charge >= 0.3 is 5.97 Å². The summed E-state index contributed by atoms with van der Waals surface area (Å²) >= 11 is 0. The molecule has 36 heavy (non-hydrogen) atoms. The Morgan fingerprint density at radius 3 is 2.25 bits per heavy atom. The highest BCUT2D eigenvalue weighted by molar-refractivity contribution is 5.70. The third-order valence-electron chi connectivity index (χ3n) is 5.97. The summed E-state index contributed by atoms with van der Waals surface area (Å²) in [6.45, 7) is 8.64. The average molecular weight is 493 g/mol. The van der Waals surface area contributed by atoms with Gasteiger partial charge in [-0.05, 0) is 56.5 Å². The van der Waals surface area contributed by atoms with Crippen molar-refractivity contribution in [2.45, 2.75) is 33.6 Å². The number of carbonyl (C=O) groups is 1. The van der Waals surface area contributed by atoms with Gasteiger partial charge in [0.1, 0.15) is 12.4 Å². The Morgan fingerprint density at radius 2 is 1.64 bits per heavy atom. The second kappa shape index (κ2) is 13.3. The first-order valence-corrected chi connectivity index (χ1v) is 12.4. The van der Waals surface area contributed by atoms with E-state index in [4.69, 9.17) is 9.72 Å². The molecule has 0 saturated carbocycles. The molecule has 0 saturated heterocycles. The van der Waals surface area contributed by atoms with Gasteiger partial charge in [-0.2, -0.15) is 15.0 Å². The Labute approximate surface area is 213 Å². The first-order valence-electron chi connectivity index (χ1n) is 12.4. The Morgan fingerprint density at radius 1 is 0.972 bits per heavy atom. The van der Waals surface area contributed by atoms with Gasteiger partial charge in [0.2, 0.25) is 17.8 Å². The normalized spacial score (nSPS) is 11.6. The van der Waals surface area contributed by atoms with E-state index in [0.29, 0.717) is 43.8 Å². The number of hydrogen-bond acceptors (Lipinski definition) is 8. The number of aromatic nitrogens is 3. The molecule has 0 aliphatic rings. The lowest BCUT2D eigenvalue weighted by Gasteiger charge is -2.23. The molecule has 1 atom stereocenters. The lowest BCUT2D eigenvalue weighted by Crippen LogP contribution is -2.29. The summed E-state index contributed by atoms with van der Waals surface area (Å²) in [7, 11) is 1.93. The van der Waals surface area contributed by atoms with Gasteiger partial charge in [0, 0.05) is 25.8 Å². The molecule has 9 nitrogen and oxygen atoms in total. The van der Waals surface area contributed by atoms with Crippen LogP contribution in [0.15, 0.2) is 54.6 Å². The van der Waals surface area contributed by atoms with E-state index in [1.54, 1.807) is 0 Å². The Kier molecular flexibility index (Phi) is 9.85. The maximum atomic E-state index is 11.3. The van der Waals surface area contributed by atoms with Gasteiger partial charge in [-0.15, -0.1) is 0 Å². The number of rotatable bonds is 14. The van der Waals surface area contributed by atoms with Crippen molar-refractivity contribution in [1.82, 2.24) is 15.0 Å². The zero-order valence-corrected chi connectivity index (χ0v) is 21.5. The number of hydrogen-bond donors (Lipinski definition) is 2. The van der Waals surface area contributed by atoms with Crippen LogP contribution in [-0.2, 0) is 11.2 Å². The van der Waals surface area contributed by atoms with Crippen LogP contribution in [0.4, 0.5) is 23.5 Å². The molecule has 3 aromatic rings.